The molecule has 1 aromatic rings. The number of rotatable bonds is 3. The lowest BCUT2D eigenvalue weighted by molar-refractivity contribution is -0.147. The highest BCUT2D eigenvalue weighted by atomic mass is 16.6. The molecular formula is C13H15N2O4. The number of hydrogen-bond acceptors (Lipinski definition) is 5. The number of carbonyl (C=O) groups is 1. The molecule has 2 aliphatic heterocycles. The molecule has 0 unspecified atom stereocenters. The zero-order valence-electron chi connectivity index (χ0n) is 10.5. The minimum Gasteiger partial charge on any atom is -0.482 e. The second-order valence-corrected chi connectivity index (χ2v) is 4.65. The molecule has 6 heteroatoms. The van der Waals surface area contributed by atoms with Crippen molar-refractivity contribution in [1.29, 1.82) is 0 Å². The number of aromatic nitrogens is 1. The number of nitrogens with zero attached hydrogens (tertiary/aromatic N) is 1. The number of nitrogens with two attached hydrogens (primary N) is 1. The van der Waals surface area contributed by atoms with Crippen molar-refractivity contribution in [2.75, 3.05) is 13.2 Å². The van der Waals surface area contributed by atoms with Crippen molar-refractivity contribution in [3.63, 3.8) is 0 Å². The molecule has 1 amide bonds. The summed E-state index contributed by atoms with van der Waals surface area (Å²) in [5, 5.41) is 0. The molecule has 3 rings (SSSR count). The van der Waals surface area contributed by atoms with Crippen LogP contribution in [0.1, 0.15) is 5.69 Å². The SMILES string of the molecule is Cc1ncccc1O[C@H]1CO[C@@H]2[CH]CO[C@]12C(N)=O. The zero-order chi connectivity index (χ0) is 13.5. The maximum absolute atomic E-state index is 11.8. The Morgan fingerprint density at radius 3 is 3.21 bits per heavy atom. The first-order valence-corrected chi connectivity index (χ1v) is 6.11. The molecule has 2 aliphatic rings. The lowest BCUT2D eigenvalue weighted by Gasteiger charge is -2.29. The predicted molar refractivity (Wildman–Crippen MR) is 65.3 cm³/mol. The summed E-state index contributed by atoms with van der Waals surface area (Å²) in [6.45, 7) is 2.43. The largest absolute Gasteiger partial charge is 0.482 e. The van der Waals surface area contributed by atoms with Gasteiger partial charge in [-0.1, -0.05) is 0 Å². The van der Waals surface area contributed by atoms with Crippen LogP contribution >= 0.6 is 0 Å². The number of primary amides is 1. The number of pyridine rings is 1. The van der Waals surface area contributed by atoms with Crippen LogP contribution in [0.15, 0.2) is 18.3 Å². The highest BCUT2D eigenvalue weighted by Gasteiger charge is 2.62. The van der Waals surface area contributed by atoms with E-state index < -0.39 is 23.7 Å². The molecular weight excluding hydrogens is 248 g/mol. The molecule has 1 aromatic heterocycles. The van der Waals surface area contributed by atoms with E-state index >= 15 is 0 Å². The van der Waals surface area contributed by atoms with Crippen molar-refractivity contribution in [2.45, 2.75) is 24.7 Å². The van der Waals surface area contributed by atoms with Gasteiger partial charge in [0.25, 0.3) is 5.91 Å². The van der Waals surface area contributed by atoms with Gasteiger partial charge in [-0.15, -0.1) is 0 Å². The Kier molecular flexibility index (Phi) is 2.91. The van der Waals surface area contributed by atoms with E-state index in [-0.39, 0.29) is 6.61 Å². The highest BCUT2D eigenvalue weighted by molar-refractivity contribution is 5.86. The fraction of sp³-hybridized carbons (Fsp3) is 0.462. The molecule has 19 heavy (non-hydrogen) atoms. The minimum absolute atomic E-state index is 0.262. The van der Waals surface area contributed by atoms with Gasteiger partial charge in [-0.25, -0.2) is 0 Å². The third-order valence-corrected chi connectivity index (χ3v) is 3.57. The first kappa shape index (κ1) is 12.4. The van der Waals surface area contributed by atoms with Crippen LogP contribution in [0.4, 0.5) is 0 Å². The van der Waals surface area contributed by atoms with Gasteiger partial charge in [0, 0.05) is 12.6 Å². The number of hydrogen-bond donors (Lipinski definition) is 1. The van der Waals surface area contributed by atoms with Crippen LogP contribution in [0.2, 0.25) is 0 Å². The number of aryl methyl sites for hydroxylation is 1. The molecule has 3 atom stereocenters. The monoisotopic (exact) mass is 263 g/mol. The van der Waals surface area contributed by atoms with E-state index in [0.29, 0.717) is 12.4 Å². The van der Waals surface area contributed by atoms with Crippen LogP contribution in [-0.2, 0) is 14.3 Å². The van der Waals surface area contributed by atoms with Crippen LogP contribution in [0.25, 0.3) is 0 Å². The van der Waals surface area contributed by atoms with Gasteiger partial charge in [0.05, 0.1) is 18.9 Å². The van der Waals surface area contributed by atoms with E-state index in [2.05, 4.69) is 4.98 Å². The number of ether oxygens (including phenoxy) is 3. The molecule has 0 bridgehead atoms. The van der Waals surface area contributed by atoms with Crippen molar-refractivity contribution in [3.8, 4) is 5.75 Å². The molecule has 0 aliphatic carbocycles. The lowest BCUT2D eigenvalue weighted by atomic mass is 9.92. The number of fused-ring (bicyclic) bond motifs is 1. The van der Waals surface area contributed by atoms with E-state index in [4.69, 9.17) is 19.9 Å². The van der Waals surface area contributed by atoms with Gasteiger partial charge in [0.2, 0.25) is 5.60 Å². The van der Waals surface area contributed by atoms with Gasteiger partial charge in [0.15, 0.2) is 6.10 Å². The van der Waals surface area contributed by atoms with E-state index in [1.165, 1.54) is 0 Å². The first-order valence-electron chi connectivity index (χ1n) is 6.11. The van der Waals surface area contributed by atoms with E-state index in [1.54, 1.807) is 24.8 Å². The first-order chi connectivity index (χ1) is 9.14. The van der Waals surface area contributed by atoms with E-state index in [0.717, 1.165) is 5.69 Å². The summed E-state index contributed by atoms with van der Waals surface area (Å²) in [7, 11) is 0. The molecule has 0 saturated carbocycles. The molecule has 0 spiro atoms. The van der Waals surface area contributed by atoms with Gasteiger partial charge in [0.1, 0.15) is 11.9 Å². The van der Waals surface area contributed by atoms with E-state index in [9.17, 15) is 4.79 Å². The standard InChI is InChI=1S/C13H15N2O4/c1-8-9(3-2-5-15-8)19-11-7-17-10-4-6-18-13(10,11)12(14)16/h2-5,10-11H,6-7H2,1H3,(H2,14,16)/t10-,11+,13+/m1/s1. The molecule has 2 fully saturated rings. The van der Waals surface area contributed by atoms with Crippen LogP contribution in [0.3, 0.4) is 0 Å². The summed E-state index contributed by atoms with van der Waals surface area (Å²) in [6.07, 6.45) is 2.48. The van der Waals surface area contributed by atoms with Crippen molar-refractivity contribution in [2.24, 2.45) is 5.73 Å². The zero-order valence-corrected chi connectivity index (χ0v) is 10.5. The predicted octanol–water partition coefficient (Wildman–Crippen LogP) is -0.00519. The van der Waals surface area contributed by atoms with Gasteiger partial charge >= 0.3 is 0 Å². The Bertz CT molecular complexity index is 507. The number of amides is 1. The van der Waals surface area contributed by atoms with Gasteiger partial charge in [-0.05, 0) is 19.1 Å². The van der Waals surface area contributed by atoms with Crippen molar-refractivity contribution in [1.82, 2.24) is 4.98 Å². The Balaban J connectivity index is 1.89. The quantitative estimate of drug-likeness (QED) is 0.829. The average Bonchev–Trinajstić information content (AvgIpc) is 2.93. The molecule has 0 aromatic carbocycles. The van der Waals surface area contributed by atoms with Crippen molar-refractivity contribution >= 4 is 5.91 Å². The Morgan fingerprint density at radius 1 is 1.63 bits per heavy atom. The van der Waals surface area contributed by atoms with Crippen LogP contribution < -0.4 is 10.5 Å². The summed E-state index contributed by atoms with van der Waals surface area (Å²) in [4.78, 5) is 15.9. The van der Waals surface area contributed by atoms with Crippen LogP contribution in [0.5, 0.6) is 5.75 Å². The molecule has 101 valence electrons. The fourth-order valence-electron chi connectivity index (χ4n) is 2.55. The maximum atomic E-state index is 11.8. The fourth-order valence-corrected chi connectivity index (χ4v) is 2.55. The Labute approximate surface area is 110 Å². The molecule has 3 heterocycles. The van der Waals surface area contributed by atoms with Crippen molar-refractivity contribution < 1.29 is 19.0 Å². The summed E-state index contributed by atoms with van der Waals surface area (Å²) in [6, 6.07) is 3.57. The highest BCUT2D eigenvalue weighted by Crippen LogP contribution is 2.39. The topological polar surface area (TPSA) is 83.7 Å². The third-order valence-electron chi connectivity index (χ3n) is 3.57. The third kappa shape index (κ3) is 1.79. The molecule has 1 radical (unpaired) electrons. The van der Waals surface area contributed by atoms with Gasteiger partial charge in [-0.3, -0.25) is 9.78 Å². The van der Waals surface area contributed by atoms with Crippen molar-refractivity contribution in [3.05, 3.63) is 30.4 Å². The molecule has 2 N–H and O–H groups in total. The second kappa shape index (κ2) is 4.47. The molecule has 2 saturated heterocycles. The van der Waals surface area contributed by atoms with Gasteiger partial charge < -0.3 is 19.9 Å². The smallest absolute Gasteiger partial charge is 0.256 e. The average molecular weight is 263 g/mol. The number of carbonyl (C=O) groups excluding carboxylic acids is 1. The Hall–Kier alpha value is -1.66. The second-order valence-electron chi connectivity index (χ2n) is 4.65. The molecule has 6 nitrogen and oxygen atoms in total. The summed E-state index contributed by atoms with van der Waals surface area (Å²) in [5.41, 5.74) is 5.02. The van der Waals surface area contributed by atoms with Crippen LogP contribution in [-0.4, -0.2) is 41.9 Å². The van der Waals surface area contributed by atoms with Crippen LogP contribution in [0, 0.1) is 13.3 Å². The van der Waals surface area contributed by atoms with Gasteiger partial charge in [-0.2, -0.15) is 0 Å². The maximum Gasteiger partial charge on any atom is 0.256 e. The summed E-state index contributed by atoms with van der Waals surface area (Å²) < 4.78 is 16.9. The normalized spacial score (nSPS) is 33.1. The summed E-state index contributed by atoms with van der Waals surface area (Å²) in [5.74, 6) is 0.0446. The minimum atomic E-state index is -1.22. The Morgan fingerprint density at radius 2 is 2.47 bits per heavy atom. The lowest BCUT2D eigenvalue weighted by Crippen LogP contribution is -2.57. The van der Waals surface area contributed by atoms with E-state index in [1.807, 2.05) is 6.92 Å². The summed E-state index contributed by atoms with van der Waals surface area (Å²) >= 11 is 0.